The van der Waals surface area contributed by atoms with Gasteiger partial charge < -0.3 is 14.6 Å². The van der Waals surface area contributed by atoms with Gasteiger partial charge in [-0.3, -0.25) is 4.79 Å². The number of sulfonamides is 1. The molecule has 1 unspecified atom stereocenters. The zero-order valence-electron chi connectivity index (χ0n) is 11.0. The lowest BCUT2D eigenvalue weighted by Crippen LogP contribution is -2.26. The molecule has 0 aliphatic carbocycles. The number of aliphatic carboxylic acids is 1. The van der Waals surface area contributed by atoms with E-state index in [-0.39, 0.29) is 18.9 Å². The zero-order chi connectivity index (χ0) is 16.2. The van der Waals surface area contributed by atoms with Gasteiger partial charge in [0, 0.05) is 19.0 Å². The lowest BCUT2D eigenvalue weighted by Gasteiger charge is -2.09. The number of nitrogens with one attached hydrogen (secondary N) is 1. The van der Waals surface area contributed by atoms with Crippen LogP contribution < -0.4 is 4.72 Å². The molecule has 1 aromatic heterocycles. The van der Waals surface area contributed by atoms with E-state index in [4.69, 9.17) is 21.8 Å². The minimum Gasteiger partial charge on any atom is -0.481 e. The summed E-state index contributed by atoms with van der Waals surface area (Å²) in [5, 5.41) is 16.7. The first-order valence-electron chi connectivity index (χ1n) is 5.87. The normalized spacial score (nSPS) is 13.0. The van der Waals surface area contributed by atoms with Crippen molar-refractivity contribution in [2.45, 2.75) is 24.7 Å². The molecule has 3 N–H and O–H groups in total. The number of halogens is 1. The zero-order valence-corrected chi connectivity index (χ0v) is 12.6. The van der Waals surface area contributed by atoms with Gasteiger partial charge in [0.05, 0.1) is 0 Å². The predicted molar refractivity (Wildman–Crippen MR) is 71.9 cm³/mol. The average molecular weight is 340 g/mol. The maximum Gasteiger partial charge on any atom is 0.371 e. The van der Waals surface area contributed by atoms with Gasteiger partial charge in [0.1, 0.15) is 4.90 Å². The highest BCUT2D eigenvalue weighted by Gasteiger charge is 2.25. The van der Waals surface area contributed by atoms with Gasteiger partial charge in [0.2, 0.25) is 21.0 Å². The van der Waals surface area contributed by atoms with Crippen molar-refractivity contribution in [3.05, 3.63) is 17.0 Å². The number of hydrogen-bond acceptors (Lipinski definition) is 5. The second-order valence-corrected chi connectivity index (χ2v) is 6.52. The van der Waals surface area contributed by atoms with Crippen LogP contribution in [0.4, 0.5) is 0 Å². The van der Waals surface area contributed by atoms with E-state index in [1.165, 1.54) is 0 Å². The molecule has 10 heteroatoms. The van der Waals surface area contributed by atoms with Crippen LogP contribution in [0.2, 0.25) is 5.22 Å². The summed E-state index contributed by atoms with van der Waals surface area (Å²) < 4.78 is 30.7. The molecule has 0 saturated carbocycles. The summed E-state index contributed by atoms with van der Waals surface area (Å²) in [6, 6.07) is 0.813. The first-order chi connectivity index (χ1) is 9.63. The average Bonchev–Trinajstić information content (AvgIpc) is 2.70. The second-order valence-electron chi connectivity index (χ2n) is 4.44. The Morgan fingerprint density at radius 1 is 1.43 bits per heavy atom. The molecular weight excluding hydrogens is 326 g/mol. The summed E-state index contributed by atoms with van der Waals surface area (Å²) in [6.07, 6.45) is 0.240. The molecule has 1 heterocycles. The Hall–Kier alpha value is -1.58. The highest BCUT2D eigenvalue weighted by molar-refractivity contribution is 7.89. The van der Waals surface area contributed by atoms with Crippen molar-refractivity contribution in [3.63, 3.8) is 0 Å². The van der Waals surface area contributed by atoms with E-state index in [1.54, 1.807) is 6.92 Å². The first kappa shape index (κ1) is 17.5. The third-order valence-corrected chi connectivity index (χ3v) is 4.47. The monoisotopic (exact) mass is 339 g/mol. The van der Waals surface area contributed by atoms with E-state index in [0.29, 0.717) is 6.42 Å². The molecule has 1 atom stereocenters. The van der Waals surface area contributed by atoms with E-state index in [0.717, 1.165) is 6.07 Å². The number of carbonyl (C=O) groups is 2. The summed E-state index contributed by atoms with van der Waals surface area (Å²) >= 11 is 5.56. The van der Waals surface area contributed by atoms with E-state index >= 15 is 0 Å². The molecule has 21 heavy (non-hydrogen) atoms. The Morgan fingerprint density at radius 2 is 2.05 bits per heavy atom. The predicted octanol–water partition coefficient (Wildman–Crippen LogP) is 1.41. The molecule has 1 rings (SSSR count). The molecule has 0 bridgehead atoms. The quantitative estimate of drug-likeness (QED) is 0.651. The fraction of sp³-hybridized carbons (Fsp3) is 0.455. The maximum atomic E-state index is 11.9. The molecule has 0 fully saturated rings. The topological polar surface area (TPSA) is 134 Å². The van der Waals surface area contributed by atoms with Crippen LogP contribution in [0, 0.1) is 5.92 Å². The molecule has 1 aromatic rings. The number of aromatic carboxylic acids is 1. The van der Waals surface area contributed by atoms with Crippen LogP contribution in [0.1, 0.15) is 30.3 Å². The highest BCUT2D eigenvalue weighted by atomic mass is 35.5. The van der Waals surface area contributed by atoms with Crippen molar-refractivity contribution in [3.8, 4) is 0 Å². The largest absolute Gasteiger partial charge is 0.481 e. The Morgan fingerprint density at radius 3 is 2.52 bits per heavy atom. The number of carboxylic acid groups (broad SMARTS) is 2. The van der Waals surface area contributed by atoms with Crippen molar-refractivity contribution in [1.82, 2.24) is 4.72 Å². The van der Waals surface area contributed by atoms with Crippen molar-refractivity contribution < 1.29 is 32.6 Å². The van der Waals surface area contributed by atoms with Crippen LogP contribution in [-0.2, 0) is 14.8 Å². The van der Waals surface area contributed by atoms with Gasteiger partial charge in [0.25, 0.3) is 0 Å². The van der Waals surface area contributed by atoms with Crippen molar-refractivity contribution in [1.29, 1.82) is 0 Å². The molecule has 0 saturated heterocycles. The number of rotatable bonds is 8. The van der Waals surface area contributed by atoms with E-state index in [1.807, 2.05) is 0 Å². The minimum absolute atomic E-state index is 0.000688. The van der Waals surface area contributed by atoms with Crippen LogP contribution in [0.25, 0.3) is 0 Å². The standard InChI is InChI=1S/C11H14ClNO7S/c1-6(4-9(14)15)2-3-13-21(18,19)8-5-7(11(16)17)20-10(8)12/h5-6,13H,2-4H2,1H3,(H,14,15)(H,16,17). The molecular formula is C11H14ClNO7S. The summed E-state index contributed by atoms with van der Waals surface area (Å²) in [7, 11) is -4.01. The molecule has 118 valence electrons. The number of carboxylic acids is 2. The molecule has 0 aliphatic heterocycles. The lowest BCUT2D eigenvalue weighted by molar-refractivity contribution is -0.138. The van der Waals surface area contributed by atoms with Crippen LogP contribution in [0.5, 0.6) is 0 Å². The third kappa shape index (κ3) is 5.03. The summed E-state index contributed by atoms with van der Waals surface area (Å²) in [6.45, 7) is 1.68. The Labute approximate surface area is 125 Å². The SMILES string of the molecule is CC(CCNS(=O)(=O)c1cc(C(=O)O)oc1Cl)CC(=O)O. The van der Waals surface area contributed by atoms with Crippen molar-refractivity contribution >= 4 is 33.6 Å². The van der Waals surface area contributed by atoms with Gasteiger partial charge in [0.15, 0.2) is 0 Å². The van der Waals surface area contributed by atoms with Gasteiger partial charge in [-0.25, -0.2) is 17.9 Å². The summed E-state index contributed by atoms with van der Waals surface area (Å²) in [5.74, 6) is -3.19. The Bertz CT molecular complexity index is 637. The fourth-order valence-electron chi connectivity index (χ4n) is 1.56. The summed E-state index contributed by atoms with van der Waals surface area (Å²) in [4.78, 5) is 20.7. The van der Waals surface area contributed by atoms with Crippen LogP contribution in [-0.4, -0.2) is 37.1 Å². The second kappa shape index (κ2) is 6.92. The third-order valence-electron chi connectivity index (χ3n) is 2.61. The number of hydrogen-bond donors (Lipinski definition) is 3. The van der Waals surface area contributed by atoms with Gasteiger partial charge in [-0.15, -0.1) is 0 Å². The van der Waals surface area contributed by atoms with Gasteiger partial charge in [-0.1, -0.05) is 6.92 Å². The molecule has 0 aromatic carbocycles. The van der Waals surface area contributed by atoms with E-state index in [2.05, 4.69) is 9.14 Å². The molecule has 8 nitrogen and oxygen atoms in total. The first-order valence-corrected chi connectivity index (χ1v) is 7.73. The van der Waals surface area contributed by atoms with Gasteiger partial charge in [-0.05, 0) is 23.9 Å². The van der Waals surface area contributed by atoms with Crippen LogP contribution >= 0.6 is 11.6 Å². The lowest BCUT2D eigenvalue weighted by atomic mass is 10.0. The van der Waals surface area contributed by atoms with Crippen molar-refractivity contribution in [2.24, 2.45) is 5.92 Å². The number of furan rings is 1. The van der Waals surface area contributed by atoms with E-state index < -0.39 is 37.8 Å². The minimum atomic E-state index is -4.01. The fourth-order valence-corrected chi connectivity index (χ4v) is 3.06. The van der Waals surface area contributed by atoms with Crippen molar-refractivity contribution in [2.75, 3.05) is 6.54 Å². The smallest absolute Gasteiger partial charge is 0.371 e. The maximum absolute atomic E-state index is 11.9. The molecule has 0 amide bonds. The Balaban J connectivity index is 2.70. The molecule has 0 spiro atoms. The molecule has 0 aliphatic rings. The summed E-state index contributed by atoms with van der Waals surface area (Å²) in [5.41, 5.74) is 0. The van der Waals surface area contributed by atoms with Crippen LogP contribution in [0.3, 0.4) is 0 Å². The van der Waals surface area contributed by atoms with Gasteiger partial charge >= 0.3 is 11.9 Å². The Kier molecular flexibility index (Phi) is 5.76. The highest BCUT2D eigenvalue weighted by Crippen LogP contribution is 2.25. The molecule has 0 radical (unpaired) electrons. The van der Waals surface area contributed by atoms with Crippen LogP contribution in [0.15, 0.2) is 15.4 Å². The van der Waals surface area contributed by atoms with Gasteiger partial charge in [-0.2, -0.15) is 0 Å². The van der Waals surface area contributed by atoms with E-state index in [9.17, 15) is 18.0 Å².